The summed E-state index contributed by atoms with van der Waals surface area (Å²) in [6.07, 6.45) is 1.23. The van der Waals surface area contributed by atoms with Crippen LogP contribution in [0.4, 0.5) is 4.79 Å². The predicted molar refractivity (Wildman–Crippen MR) is 134 cm³/mol. The molecule has 1 N–H and O–H groups in total. The fraction of sp³-hybridized carbons (Fsp3) is 0.192. The molecule has 2 heterocycles. The zero-order valence-corrected chi connectivity index (χ0v) is 19.7. The van der Waals surface area contributed by atoms with Gasteiger partial charge in [0.25, 0.3) is 5.24 Å². The Morgan fingerprint density at radius 2 is 1.73 bits per heavy atom. The van der Waals surface area contributed by atoms with Gasteiger partial charge in [0.2, 0.25) is 5.91 Å². The molecular formula is C26H22N2O3S2. The zero-order valence-electron chi connectivity index (χ0n) is 18.0. The summed E-state index contributed by atoms with van der Waals surface area (Å²) in [7, 11) is 0. The van der Waals surface area contributed by atoms with Crippen molar-refractivity contribution >= 4 is 45.0 Å². The van der Waals surface area contributed by atoms with E-state index in [1.807, 2.05) is 54.6 Å². The summed E-state index contributed by atoms with van der Waals surface area (Å²) in [6.45, 7) is 2.63. The molecule has 0 saturated carbocycles. The van der Waals surface area contributed by atoms with Crippen LogP contribution in [0.15, 0.2) is 66.7 Å². The van der Waals surface area contributed by atoms with Gasteiger partial charge in [0.1, 0.15) is 10.8 Å². The minimum atomic E-state index is -0.390. The molecule has 4 aromatic rings. The number of ether oxygens (including phenoxy) is 1. The Labute approximate surface area is 200 Å². The van der Waals surface area contributed by atoms with Crippen LogP contribution in [0.3, 0.4) is 0 Å². The number of carbonyl (C=O) groups excluding carboxylic acids is 2. The topological polar surface area (TPSA) is 68.3 Å². The number of amides is 2. The lowest BCUT2D eigenvalue weighted by Crippen LogP contribution is -2.25. The van der Waals surface area contributed by atoms with E-state index in [0.717, 1.165) is 56.5 Å². The molecule has 166 valence electrons. The number of aryl methyl sites for hydroxylation is 1. The van der Waals surface area contributed by atoms with Crippen molar-refractivity contribution in [2.45, 2.75) is 25.0 Å². The van der Waals surface area contributed by atoms with Gasteiger partial charge in [0.15, 0.2) is 0 Å². The number of hydrogen-bond donors (Lipinski definition) is 1. The highest BCUT2D eigenvalue weighted by atomic mass is 32.2. The van der Waals surface area contributed by atoms with Crippen molar-refractivity contribution in [2.75, 3.05) is 6.61 Å². The highest BCUT2D eigenvalue weighted by Gasteiger charge is 2.32. The number of imide groups is 1. The van der Waals surface area contributed by atoms with E-state index in [1.54, 1.807) is 11.3 Å². The number of benzene rings is 3. The quantitative estimate of drug-likeness (QED) is 0.367. The maximum absolute atomic E-state index is 12.0. The number of carbonyl (C=O) groups is 2. The van der Waals surface area contributed by atoms with Crippen molar-refractivity contribution in [3.63, 3.8) is 0 Å². The molecule has 0 radical (unpaired) electrons. The number of hydrogen-bond acceptors (Lipinski definition) is 6. The Balaban J connectivity index is 1.31. The average Bonchev–Trinajstić information content (AvgIpc) is 3.36. The Morgan fingerprint density at radius 3 is 2.48 bits per heavy atom. The van der Waals surface area contributed by atoms with E-state index in [-0.39, 0.29) is 16.4 Å². The second-order valence-corrected chi connectivity index (χ2v) is 10.2. The first kappa shape index (κ1) is 21.7. The van der Waals surface area contributed by atoms with Gasteiger partial charge in [-0.15, -0.1) is 11.3 Å². The Bertz CT molecular complexity index is 1330. The van der Waals surface area contributed by atoms with Crippen molar-refractivity contribution < 1.29 is 14.3 Å². The third-order valence-corrected chi connectivity index (χ3v) is 7.70. The number of fused-ring (bicyclic) bond motifs is 1. The van der Waals surface area contributed by atoms with E-state index >= 15 is 0 Å². The second kappa shape index (κ2) is 9.37. The van der Waals surface area contributed by atoms with E-state index in [2.05, 4.69) is 24.4 Å². The number of thiazole rings is 1. The molecule has 0 aliphatic carbocycles. The van der Waals surface area contributed by atoms with Crippen molar-refractivity contribution in [3.05, 3.63) is 82.9 Å². The molecule has 33 heavy (non-hydrogen) atoms. The summed E-state index contributed by atoms with van der Waals surface area (Å²) in [5.41, 5.74) is 3.23. The summed E-state index contributed by atoms with van der Waals surface area (Å²) in [4.78, 5) is 29.6. The van der Waals surface area contributed by atoms with Gasteiger partial charge in [0, 0.05) is 22.2 Å². The van der Waals surface area contributed by atoms with Gasteiger partial charge in [-0.1, -0.05) is 72.4 Å². The number of nitrogens with one attached hydrogen (secondary N) is 1. The molecule has 3 aromatic carbocycles. The molecule has 5 nitrogen and oxygen atoms in total. The van der Waals surface area contributed by atoms with Crippen molar-refractivity contribution in [1.82, 2.24) is 10.3 Å². The lowest BCUT2D eigenvalue weighted by molar-refractivity contribution is -0.118. The van der Waals surface area contributed by atoms with E-state index in [0.29, 0.717) is 13.0 Å². The molecular weight excluding hydrogens is 452 g/mol. The summed E-state index contributed by atoms with van der Waals surface area (Å²) in [5.74, 6) is 0.591. The lowest BCUT2D eigenvalue weighted by atomic mass is 10.00. The molecule has 1 aliphatic rings. The van der Waals surface area contributed by atoms with E-state index in [4.69, 9.17) is 9.72 Å². The van der Waals surface area contributed by atoms with Crippen LogP contribution < -0.4 is 10.1 Å². The summed E-state index contributed by atoms with van der Waals surface area (Å²) in [5, 5.41) is 4.77. The molecule has 7 heteroatoms. The highest BCUT2D eigenvalue weighted by Crippen LogP contribution is 2.32. The largest absolute Gasteiger partial charge is 0.493 e. The highest BCUT2D eigenvalue weighted by molar-refractivity contribution is 8.15. The van der Waals surface area contributed by atoms with Crippen LogP contribution in [0.25, 0.3) is 21.3 Å². The van der Waals surface area contributed by atoms with Gasteiger partial charge in [-0.05, 0) is 30.4 Å². The summed E-state index contributed by atoms with van der Waals surface area (Å²) < 4.78 is 6.18. The molecule has 0 bridgehead atoms. The molecule has 1 aromatic heterocycles. The van der Waals surface area contributed by atoms with Gasteiger partial charge in [-0.2, -0.15) is 0 Å². The van der Waals surface area contributed by atoms with E-state index in [9.17, 15) is 9.59 Å². The number of thioether (sulfide) groups is 1. The van der Waals surface area contributed by atoms with Gasteiger partial charge in [-0.25, -0.2) is 4.98 Å². The first-order valence-corrected chi connectivity index (χ1v) is 12.4. The smallest absolute Gasteiger partial charge is 0.286 e. The third-order valence-electron chi connectivity index (χ3n) is 5.66. The van der Waals surface area contributed by atoms with Gasteiger partial charge >= 0.3 is 0 Å². The molecule has 2 amide bonds. The fourth-order valence-electron chi connectivity index (χ4n) is 3.99. The van der Waals surface area contributed by atoms with Gasteiger partial charge in [0.05, 0.1) is 17.6 Å². The van der Waals surface area contributed by atoms with Crippen LogP contribution in [-0.2, 0) is 17.6 Å². The Kier molecular flexibility index (Phi) is 6.15. The molecule has 1 atom stereocenters. The maximum Gasteiger partial charge on any atom is 0.286 e. The molecule has 5 rings (SSSR count). The van der Waals surface area contributed by atoms with Crippen LogP contribution in [0, 0.1) is 6.92 Å². The van der Waals surface area contributed by atoms with Crippen molar-refractivity contribution in [1.29, 1.82) is 0 Å². The Hall–Kier alpha value is -3.16. The fourth-order valence-corrected chi connectivity index (χ4v) is 5.80. The summed E-state index contributed by atoms with van der Waals surface area (Å²) >= 11 is 2.77. The SMILES string of the molecule is Cc1sc(-c2ccccc2)nc1CCOc1ccc(CC2SC(=O)NC2=O)c2ccccc12. The first-order valence-electron chi connectivity index (χ1n) is 10.7. The third kappa shape index (κ3) is 4.65. The van der Waals surface area contributed by atoms with Crippen LogP contribution >= 0.6 is 23.1 Å². The standard InChI is InChI=1S/C26H22N2O3S2/c1-16-21(27-25(32-16)17-7-3-2-4-8-17)13-14-31-22-12-11-18(19-9-5-6-10-20(19)22)15-23-24(29)28-26(30)33-23/h2-12,23H,13-15H2,1H3,(H,28,29,30). The zero-order chi connectivity index (χ0) is 22.8. The lowest BCUT2D eigenvalue weighted by Gasteiger charge is -2.13. The van der Waals surface area contributed by atoms with Gasteiger partial charge < -0.3 is 4.74 Å². The molecule has 0 spiro atoms. The van der Waals surface area contributed by atoms with Crippen molar-refractivity contribution in [2.24, 2.45) is 0 Å². The number of nitrogens with zero attached hydrogens (tertiary/aromatic N) is 1. The molecule has 1 aliphatic heterocycles. The van der Waals surface area contributed by atoms with Crippen LogP contribution in [0.2, 0.25) is 0 Å². The van der Waals surface area contributed by atoms with Crippen LogP contribution in [0.5, 0.6) is 5.75 Å². The Morgan fingerprint density at radius 1 is 0.970 bits per heavy atom. The molecule has 1 fully saturated rings. The average molecular weight is 475 g/mol. The van der Waals surface area contributed by atoms with Crippen molar-refractivity contribution in [3.8, 4) is 16.3 Å². The first-order chi connectivity index (χ1) is 16.1. The summed E-state index contributed by atoms with van der Waals surface area (Å²) in [6, 6.07) is 22.2. The maximum atomic E-state index is 12.0. The van der Waals surface area contributed by atoms with E-state index in [1.165, 1.54) is 4.88 Å². The number of aromatic nitrogens is 1. The minimum Gasteiger partial charge on any atom is -0.493 e. The monoisotopic (exact) mass is 474 g/mol. The molecule has 1 unspecified atom stereocenters. The normalized spacial score (nSPS) is 15.7. The predicted octanol–water partition coefficient (Wildman–Crippen LogP) is 5.79. The number of rotatable bonds is 7. The molecule has 1 saturated heterocycles. The van der Waals surface area contributed by atoms with Gasteiger partial charge in [-0.3, -0.25) is 14.9 Å². The second-order valence-electron chi connectivity index (χ2n) is 7.84. The van der Waals surface area contributed by atoms with Crippen LogP contribution in [-0.4, -0.2) is 28.0 Å². The van der Waals surface area contributed by atoms with Crippen LogP contribution in [0.1, 0.15) is 16.1 Å². The minimum absolute atomic E-state index is 0.220. The van der Waals surface area contributed by atoms with E-state index < -0.39 is 0 Å².